The first-order valence-corrected chi connectivity index (χ1v) is 10.3. The zero-order chi connectivity index (χ0) is 16.2. The molecule has 0 aliphatic heterocycles. The van der Waals surface area contributed by atoms with Gasteiger partial charge >= 0.3 is 0 Å². The van der Waals surface area contributed by atoms with Crippen LogP contribution < -0.4 is 0 Å². The lowest BCUT2D eigenvalue weighted by Gasteiger charge is -2.56. The third kappa shape index (κ3) is 2.36. The van der Waals surface area contributed by atoms with Crippen molar-refractivity contribution in [1.29, 1.82) is 0 Å². The van der Waals surface area contributed by atoms with Gasteiger partial charge in [0.05, 0.1) is 6.10 Å². The molecule has 1 nitrogen and oxygen atoms in total. The van der Waals surface area contributed by atoms with Crippen LogP contribution in [0.1, 0.15) is 72.1 Å². The van der Waals surface area contributed by atoms with Gasteiger partial charge in [0.1, 0.15) is 0 Å². The van der Waals surface area contributed by atoms with Crippen molar-refractivity contribution in [1.82, 2.24) is 0 Å². The first kappa shape index (κ1) is 16.2. The maximum absolute atomic E-state index is 5.79. The topological polar surface area (TPSA) is 9.23 Å². The molecule has 130 valence electrons. The zero-order valence-electron chi connectivity index (χ0n) is 15.7. The van der Waals surface area contributed by atoms with E-state index in [1.54, 1.807) is 5.57 Å². The highest BCUT2D eigenvalue weighted by Crippen LogP contribution is 2.64. The van der Waals surface area contributed by atoms with Crippen molar-refractivity contribution in [2.75, 3.05) is 7.11 Å². The Morgan fingerprint density at radius 2 is 1.87 bits per heavy atom. The number of hydrogen-bond donors (Lipinski definition) is 0. The highest BCUT2D eigenvalue weighted by molar-refractivity contribution is 5.23. The van der Waals surface area contributed by atoms with Gasteiger partial charge in [0.2, 0.25) is 0 Å². The standard InChI is InChI=1S/C22H36O/c1-5-16-7-9-20-18-8-6-15-13-21(23-4)14(2)12-19(15)17(18)10-11-22(16,20)3/h5,14-15,17-21H,6-13H2,1-4H3/b16-5-. The van der Waals surface area contributed by atoms with E-state index >= 15 is 0 Å². The summed E-state index contributed by atoms with van der Waals surface area (Å²) in [7, 11) is 1.93. The summed E-state index contributed by atoms with van der Waals surface area (Å²) in [6.07, 6.45) is 14.6. The largest absolute Gasteiger partial charge is 0.381 e. The van der Waals surface area contributed by atoms with E-state index in [4.69, 9.17) is 4.74 Å². The van der Waals surface area contributed by atoms with Gasteiger partial charge in [-0.3, -0.25) is 0 Å². The summed E-state index contributed by atoms with van der Waals surface area (Å²) in [5.41, 5.74) is 2.34. The quantitative estimate of drug-likeness (QED) is 0.552. The van der Waals surface area contributed by atoms with Crippen molar-refractivity contribution >= 4 is 0 Å². The number of ether oxygens (including phenoxy) is 1. The first-order valence-electron chi connectivity index (χ1n) is 10.3. The van der Waals surface area contributed by atoms with Gasteiger partial charge < -0.3 is 4.74 Å². The van der Waals surface area contributed by atoms with Gasteiger partial charge in [-0.15, -0.1) is 0 Å². The van der Waals surface area contributed by atoms with E-state index in [-0.39, 0.29) is 0 Å². The Kier molecular flexibility index (Phi) is 4.15. The van der Waals surface area contributed by atoms with Crippen molar-refractivity contribution < 1.29 is 4.74 Å². The van der Waals surface area contributed by atoms with Crippen LogP contribution in [0.25, 0.3) is 0 Å². The van der Waals surface area contributed by atoms with Crippen LogP contribution in [0.15, 0.2) is 11.6 Å². The number of fused-ring (bicyclic) bond motifs is 5. The average Bonchev–Trinajstić information content (AvgIpc) is 2.90. The Balaban J connectivity index is 1.56. The monoisotopic (exact) mass is 316 g/mol. The molecule has 0 bridgehead atoms. The molecule has 1 heteroatoms. The molecule has 0 amide bonds. The number of allylic oxidation sites excluding steroid dienone is 2. The second-order valence-electron chi connectivity index (χ2n) is 9.47. The van der Waals surface area contributed by atoms with Crippen LogP contribution in [-0.2, 0) is 4.74 Å². The van der Waals surface area contributed by atoms with Gasteiger partial charge in [0.25, 0.3) is 0 Å². The lowest BCUT2D eigenvalue weighted by molar-refractivity contribution is -0.0868. The minimum absolute atomic E-state index is 0.530. The van der Waals surface area contributed by atoms with Crippen LogP contribution in [0.4, 0.5) is 0 Å². The van der Waals surface area contributed by atoms with E-state index in [1.165, 1.54) is 51.4 Å². The fourth-order valence-electron chi connectivity index (χ4n) is 7.66. The lowest BCUT2D eigenvalue weighted by atomic mass is 9.49. The highest BCUT2D eigenvalue weighted by atomic mass is 16.5. The molecule has 4 rings (SSSR count). The Morgan fingerprint density at radius 1 is 1.04 bits per heavy atom. The first-order chi connectivity index (χ1) is 11.1. The third-order valence-electron chi connectivity index (χ3n) is 8.83. The summed E-state index contributed by atoms with van der Waals surface area (Å²) < 4.78 is 5.79. The van der Waals surface area contributed by atoms with Crippen LogP contribution in [0.5, 0.6) is 0 Å². The average molecular weight is 317 g/mol. The van der Waals surface area contributed by atoms with Crippen molar-refractivity contribution in [3.8, 4) is 0 Å². The fraction of sp³-hybridized carbons (Fsp3) is 0.909. The van der Waals surface area contributed by atoms with Gasteiger partial charge in [0.15, 0.2) is 0 Å². The molecular weight excluding hydrogens is 280 g/mol. The molecule has 4 fully saturated rings. The van der Waals surface area contributed by atoms with Crippen molar-refractivity contribution in [2.24, 2.45) is 40.9 Å². The molecule has 4 aliphatic rings. The van der Waals surface area contributed by atoms with Crippen LogP contribution in [0, 0.1) is 40.9 Å². The second-order valence-corrected chi connectivity index (χ2v) is 9.47. The van der Waals surface area contributed by atoms with Gasteiger partial charge in [-0.1, -0.05) is 25.5 Å². The molecule has 0 heterocycles. The van der Waals surface area contributed by atoms with Crippen LogP contribution in [0.3, 0.4) is 0 Å². The molecule has 0 radical (unpaired) electrons. The van der Waals surface area contributed by atoms with Gasteiger partial charge in [-0.25, -0.2) is 0 Å². The SMILES string of the molecule is C/C=C1/CCC2C3CCC4CC(OC)C(C)CC4C3CCC12C. The summed E-state index contributed by atoms with van der Waals surface area (Å²) in [5.74, 6) is 5.78. The molecule has 0 saturated heterocycles. The maximum atomic E-state index is 5.79. The Bertz CT molecular complexity index is 480. The number of hydrogen-bond acceptors (Lipinski definition) is 1. The smallest absolute Gasteiger partial charge is 0.0599 e. The van der Waals surface area contributed by atoms with Gasteiger partial charge in [0, 0.05) is 7.11 Å². The van der Waals surface area contributed by atoms with Crippen LogP contribution >= 0.6 is 0 Å². The molecule has 4 saturated carbocycles. The molecule has 0 aromatic carbocycles. The Labute approximate surface area is 143 Å². The summed E-state index contributed by atoms with van der Waals surface area (Å²) in [4.78, 5) is 0. The molecule has 0 aromatic rings. The van der Waals surface area contributed by atoms with Gasteiger partial charge in [-0.2, -0.15) is 0 Å². The van der Waals surface area contributed by atoms with Gasteiger partial charge in [-0.05, 0) is 99.2 Å². The summed E-state index contributed by atoms with van der Waals surface area (Å²) in [6, 6.07) is 0. The second kappa shape index (κ2) is 5.90. The van der Waals surface area contributed by atoms with Crippen molar-refractivity contribution in [3.05, 3.63) is 11.6 Å². The van der Waals surface area contributed by atoms with Crippen molar-refractivity contribution in [3.63, 3.8) is 0 Å². The molecule has 0 spiro atoms. The molecule has 0 N–H and O–H groups in total. The van der Waals surface area contributed by atoms with Crippen LogP contribution in [-0.4, -0.2) is 13.2 Å². The molecule has 8 atom stereocenters. The van der Waals surface area contributed by atoms with Crippen molar-refractivity contribution in [2.45, 2.75) is 78.2 Å². The molecule has 23 heavy (non-hydrogen) atoms. The third-order valence-corrected chi connectivity index (χ3v) is 8.83. The molecule has 8 unspecified atom stereocenters. The van der Waals surface area contributed by atoms with E-state index in [2.05, 4.69) is 26.8 Å². The Hall–Kier alpha value is -0.300. The van der Waals surface area contributed by atoms with E-state index in [0.29, 0.717) is 11.5 Å². The molecular formula is C22H36O. The van der Waals surface area contributed by atoms with E-state index in [1.807, 2.05) is 7.11 Å². The van der Waals surface area contributed by atoms with E-state index in [0.717, 1.165) is 35.5 Å². The summed E-state index contributed by atoms with van der Waals surface area (Å²) in [6.45, 7) is 7.32. The number of rotatable bonds is 1. The molecule has 4 aliphatic carbocycles. The maximum Gasteiger partial charge on any atom is 0.0599 e. The Morgan fingerprint density at radius 3 is 2.61 bits per heavy atom. The number of methoxy groups -OCH3 is 1. The fourth-order valence-corrected chi connectivity index (χ4v) is 7.66. The van der Waals surface area contributed by atoms with E-state index < -0.39 is 0 Å². The minimum Gasteiger partial charge on any atom is -0.381 e. The zero-order valence-corrected chi connectivity index (χ0v) is 15.7. The molecule has 0 aromatic heterocycles. The predicted molar refractivity (Wildman–Crippen MR) is 96.2 cm³/mol. The highest BCUT2D eigenvalue weighted by Gasteiger charge is 2.55. The lowest BCUT2D eigenvalue weighted by Crippen LogP contribution is -2.49. The van der Waals surface area contributed by atoms with Crippen LogP contribution in [0.2, 0.25) is 0 Å². The summed E-state index contributed by atoms with van der Waals surface area (Å²) in [5, 5.41) is 0. The predicted octanol–water partition coefficient (Wildman–Crippen LogP) is 5.85. The summed E-state index contributed by atoms with van der Waals surface area (Å²) >= 11 is 0. The normalized spacial score (nSPS) is 54.4. The minimum atomic E-state index is 0.530. The van der Waals surface area contributed by atoms with E-state index in [9.17, 15) is 0 Å².